The lowest BCUT2D eigenvalue weighted by Gasteiger charge is -2.18. The fourth-order valence-corrected chi connectivity index (χ4v) is 1.95. The van der Waals surface area contributed by atoms with Gasteiger partial charge in [-0.15, -0.1) is 0 Å². The van der Waals surface area contributed by atoms with Crippen LogP contribution in [-0.2, 0) is 6.54 Å². The van der Waals surface area contributed by atoms with Crippen LogP contribution in [0.1, 0.15) is 5.56 Å². The minimum absolute atomic E-state index is 0.219. The lowest BCUT2D eigenvalue weighted by molar-refractivity contribution is 0.897. The molecule has 0 radical (unpaired) electrons. The zero-order chi connectivity index (χ0) is 13.2. The second-order valence-corrected chi connectivity index (χ2v) is 4.22. The van der Waals surface area contributed by atoms with Crippen molar-refractivity contribution < 1.29 is 0 Å². The van der Waals surface area contributed by atoms with E-state index in [4.69, 9.17) is 5.73 Å². The Hall–Kier alpha value is -2.70. The second kappa shape index (κ2) is 4.52. The second-order valence-electron chi connectivity index (χ2n) is 4.22. The molecule has 0 aliphatic heterocycles. The molecule has 0 fully saturated rings. The smallest absolute Gasteiger partial charge is 0.224 e. The highest BCUT2D eigenvalue weighted by atomic mass is 15.2. The summed E-state index contributed by atoms with van der Waals surface area (Å²) in [5.74, 6) is 0.952. The molecular weight excluding hydrogens is 242 g/mol. The van der Waals surface area contributed by atoms with Crippen LogP contribution in [0.15, 0.2) is 30.9 Å². The van der Waals surface area contributed by atoms with Crippen molar-refractivity contribution in [3.8, 4) is 0 Å². The molecule has 7 heteroatoms. The molecule has 3 aromatic heterocycles. The van der Waals surface area contributed by atoms with Crippen molar-refractivity contribution in [3.63, 3.8) is 0 Å². The van der Waals surface area contributed by atoms with Crippen molar-refractivity contribution in [2.45, 2.75) is 6.54 Å². The predicted octanol–water partition coefficient (Wildman–Crippen LogP) is 0.966. The lowest BCUT2D eigenvalue weighted by Crippen LogP contribution is -2.19. The van der Waals surface area contributed by atoms with Gasteiger partial charge >= 0.3 is 0 Å². The molecule has 0 bridgehead atoms. The van der Waals surface area contributed by atoms with Crippen LogP contribution in [0.5, 0.6) is 0 Å². The quantitative estimate of drug-likeness (QED) is 0.723. The summed E-state index contributed by atoms with van der Waals surface area (Å²) >= 11 is 0. The Morgan fingerprint density at radius 3 is 2.84 bits per heavy atom. The highest BCUT2D eigenvalue weighted by molar-refractivity contribution is 5.83. The number of nitrogen functional groups attached to an aromatic ring is 1. The summed E-state index contributed by atoms with van der Waals surface area (Å²) < 4.78 is 0. The fourth-order valence-electron chi connectivity index (χ4n) is 1.95. The van der Waals surface area contributed by atoms with Gasteiger partial charge in [-0.05, 0) is 17.7 Å². The normalized spacial score (nSPS) is 10.8. The van der Waals surface area contributed by atoms with Gasteiger partial charge in [-0.3, -0.25) is 4.98 Å². The van der Waals surface area contributed by atoms with E-state index in [-0.39, 0.29) is 5.95 Å². The van der Waals surface area contributed by atoms with Crippen molar-refractivity contribution in [1.29, 1.82) is 0 Å². The molecular formula is C12H13N7. The maximum atomic E-state index is 5.70. The summed E-state index contributed by atoms with van der Waals surface area (Å²) in [6.45, 7) is 0.701. The third kappa shape index (κ3) is 2.17. The molecule has 0 unspecified atom stereocenters. The Morgan fingerprint density at radius 1 is 1.26 bits per heavy atom. The van der Waals surface area contributed by atoms with E-state index in [9.17, 15) is 0 Å². The Bertz CT molecular complexity index is 692. The number of fused-ring (bicyclic) bond motifs is 1. The molecule has 0 aromatic carbocycles. The number of H-pyrrole nitrogens is 1. The monoisotopic (exact) mass is 255 g/mol. The summed E-state index contributed by atoms with van der Waals surface area (Å²) in [5, 5.41) is 0. The van der Waals surface area contributed by atoms with Gasteiger partial charge in [0.25, 0.3) is 0 Å². The molecule has 0 atom stereocenters. The van der Waals surface area contributed by atoms with Crippen LogP contribution in [0.25, 0.3) is 11.2 Å². The summed E-state index contributed by atoms with van der Waals surface area (Å²) in [6, 6.07) is 3.93. The Balaban J connectivity index is 1.97. The zero-order valence-corrected chi connectivity index (χ0v) is 10.4. The first-order chi connectivity index (χ1) is 9.24. The number of anilines is 2. The highest BCUT2D eigenvalue weighted by Crippen LogP contribution is 2.21. The Kier molecular flexibility index (Phi) is 2.71. The Labute approximate surface area is 109 Å². The van der Waals surface area contributed by atoms with Crippen molar-refractivity contribution in [2.24, 2.45) is 0 Å². The van der Waals surface area contributed by atoms with E-state index in [2.05, 4.69) is 24.9 Å². The molecule has 3 aromatic rings. The van der Waals surface area contributed by atoms with Crippen LogP contribution in [-0.4, -0.2) is 32.0 Å². The first kappa shape index (κ1) is 11.4. The first-order valence-corrected chi connectivity index (χ1v) is 5.80. The maximum Gasteiger partial charge on any atom is 0.224 e. The average Bonchev–Trinajstić information content (AvgIpc) is 2.86. The van der Waals surface area contributed by atoms with E-state index in [1.54, 1.807) is 18.7 Å². The molecule has 96 valence electrons. The molecule has 7 nitrogen and oxygen atoms in total. The minimum Gasteiger partial charge on any atom is -0.368 e. The van der Waals surface area contributed by atoms with Crippen LogP contribution < -0.4 is 10.6 Å². The molecule has 3 N–H and O–H groups in total. The van der Waals surface area contributed by atoms with Crippen LogP contribution in [0.4, 0.5) is 11.8 Å². The summed E-state index contributed by atoms with van der Waals surface area (Å²) in [5.41, 5.74) is 8.20. The SMILES string of the molecule is CN(Cc1ccncc1)c1nc(N)nc2nc[nH]c12. The van der Waals surface area contributed by atoms with Crippen LogP contribution >= 0.6 is 0 Å². The topological polar surface area (TPSA) is 96.6 Å². The fraction of sp³-hybridized carbons (Fsp3) is 0.167. The number of hydrogen-bond donors (Lipinski definition) is 2. The number of aromatic amines is 1. The maximum absolute atomic E-state index is 5.70. The molecule has 0 aliphatic carbocycles. The summed E-state index contributed by atoms with van der Waals surface area (Å²) in [7, 11) is 1.95. The number of imidazole rings is 1. The summed E-state index contributed by atoms with van der Waals surface area (Å²) in [6.07, 6.45) is 5.12. The largest absolute Gasteiger partial charge is 0.368 e. The minimum atomic E-state index is 0.219. The number of nitrogens with two attached hydrogens (primary N) is 1. The van der Waals surface area contributed by atoms with Gasteiger partial charge in [-0.25, -0.2) is 4.98 Å². The number of pyridine rings is 1. The number of nitrogens with zero attached hydrogens (tertiary/aromatic N) is 5. The number of aromatic nitrogens is 5. The molecule has 0 amide bonds. The molecule has 0 saturated carbocycles. The van der Waals surface area contributed by atoms with Crippen LogP contribution in [0, 0.1) is 0 Å². The van der Waals surface area contributed by atoms with E-state index in [0.717, 1.165) is 16.9 Å². The number of rotatable bonds is 3. The molecule has 0 aliphatic rings. The van der Waals surface area contributed by atoms with Crippen molar-refractivity contribution in [2.75, 3.05) is 17.7 Å². The standard InChI is InChI=1S/C12H13N7/c1-19(6-8-2-4-14-5-3-8)11-9-10(16-7-15-9)17-12(13)18-11/h2-5,7H,6H2,1H3,(H3,13,15,16,17,18). The van der Waals surface area contributed by atoms with E-state index >= 15 is 0 Å². The van der Waals surface area contributed by atoms with E-state index in [1.165, 1.54) is 0 Å². The predicted molar refractivity (Wildman–Crippen MR) is 72.4 cm³/mol. The summed E-state index contributed by atoms with van der Waals surface area (Å²) in [4.78, 5) is 21.5. The lowest BCUT2D eigenvalue weighted by atomic mass is 10.2. The van der Waals surface area contributed by atoms with Crippen molar-refractivity contribution in [1.82, 2.24) is 24.9 Å². The number of nitrogens with one attached hydrogen (secondary N) is 1. The zero-order valence-electron chi connectivity index (χ0n) is 10.4. The van der Waals surface area contributed by atoms with Gasteiger partial charge in [0.05, 0.1) is 6.33 Å². The third-order valence-electron chi connectivity index (χ3n) is 2.81. The molecule has 19 heavy (non-hydrogen) atoms. The molecule has 0 saturated heterocycles. The van der Waals surface area contributed by atoms with Crippen molar-refractivity contribution in [3.05, 3.63) is 36.4 Å². The molecule has 0 spiro atoms. The highest BCUT2D eigenvalue weighted by Gasteiger charge is 2.12. The number of hydrogen-bond acceptors (Lipinski definition) is 6. The first-order valence-electron chi connectivity index (χ1n) is 5.80. The van der Waals surface area contributed by atoms with Gasteiger partial charge in [0.15, 0.2) is 11.5 Å². The molecule has 3 heterocycles. The van der Waals surface area contributed by atoms with Gasteiger partial charge in [0.2, 0.25) is 5.95 Å². The third-order valence-corrected chi connectivity index (χ3v) is 2.81. The van der Waals surface area contributed by atoms with Gasteiger partial charge in [0, 0.05) is 26.0 Å². The van der Waals surface area contributed by atoms with Gasteiger partial charge < -0.3 is 15.6 Å². The van der Waals surface area contributed by atoms with Gasteiger partial charge in [-0.1, -0.05) is 0 Å². The van der Waals surface area contributed by atoms with Gasteiger partial charge in [0.1, 0.15) is 5.52 Å². The average molecular weight is 255 g/mol. The Morgan fingerprint density at radius 2 is 2.05 bits per heavy atom. The van der Waals surface area contributed by atoms with Gasteiger partial charge in [-0.2, -0.15) is 9.97 Å². The van der Waals surface area contributed by atoms with E-state index in [1.807, 2.05) is 24.1 Å². The van der Waals surface area contributed by atoms with E-state index < -0.39 is 0 Å². The van der Waals surface area contributed by atoms with E-state index in [0.29, 0.717) is 12.2 Å². The van der Waals surface area contributed by atoms with Crippen LogP contribution in [0.3, 0.4) is 0 Å². The van der Waals surface area contributed by atoms with Crippen molar-refractivity contribution >= 4 is 22.9 Å². The molecule has 3 rings (SSSR count). The van der Waals surface area contributed by atoms with Crippen LogP contribution in [0.2, 0.25) is 0 Å².